The van der Waals surface area contributed by atoms with Crippen LogP contribution in [-0.2, 0) is 17.9 Å². The van der Waals surface area contributed by atoms with Crippen molar-refractivity contribution in [1.29, 1.82) is 0 Å². The Morgan fingerprint density at radius 2 is 1.63 bits per heavy atom. The second-order valence-electron chi connectivity index (χ2n) is 6.89. The lowest BCUT2D eigenvalue weighted by Crippen LogP contribution is -2.20. The van der Waals surface area contributed by atoms with E-state index in [1.54, 1.807) is 24.3 Å². The van der Waals surface area contributed by atoms with Crippen molar-refractivity contribution in [3.8, 4) is 5.75 Å². The highest BCUT2D eigenvalue weighted by Crippen LogP contribution is 2.19. The Bertz CT molecular complexity index is 1180. The summed E-state index contributed by atoms with van der Waals surface area (Å²) >= 11 is 0. The third-order valence-electron chi connectivity index (χ3n) is 4.72. The Hall–Kier alpha value is -3.93. The summed E-state index contributed by atoms with van der Waals surface area (Å²) < 4.78 is 7.71. The minimum Gasteiger partial charge on any atom is -0.486 e. The van der Waals surface area contributed by atoms with E-state index in [0.29, 0.717) is 17.1 Å². The Balaban J connectivity index is 1.53. The fourth-order valence-corrected chi connectivity index (χ4v) is 3.21. The van der Waals surface area contributed by atoms with E-state index in [4.69, 9.17) is 4.74 Å². The van der Waals surface area contributed by atoms with Crippen molar-refractivity contribution in [1.82, 2.24) is 9.55 Å². The number of benzene rings is 3. The molecule has 0 aliphatic rings. The number of anilines is 1. The van der Waals surface area contributed by atoms with Gasteiger partial charge in [0.2, 0.25) is 5.91 Å². The van der Waals surface area contributed by atoms with Gasteiger partial charge in [0.05, 0.1) is 11.0 Å². The van der Waals surface area contributed by atoms with Gasteiger partial charge in [0.25, 0.3) is 0 Å². The second kappa shape index (κ2) is 8.61. The van der Waals surface area contributed by atoms with Crippen molar-refractivity contribution in [2.75, 3.05) is 5.32 Å². The van der Waals surface area contributed by atoms with Gasteiger partial charge in [0, 0.05) is 11.3 Å². The SMILES string of the molecule is CC(=O)c1ccc(NC(=O)Cn2c(COc3ccccc3)nc3ccccc32)cc1. The molecule has 0 aliphatic heterocycles. The molecule has 0 spiro atoms. The van der Waals surface area contributed by atoms with Gasteiger partial charge in [-0.05, 0) is 55.5 Å². The first kappa shape index (κ1) is 19.4. The van der Waals surface area contributed by atoms with Crippen LogP contribution in [0.3, 0.4) is 0 Å². The predicted molar refractivity (Wildman–Crippen MR) is 116 cm³/mol. The molecule has 0 unspecified atom stereocenters. The summed E-state index contributed by atoms with van der Waals surface area (Å²) in [5.74, 6) is 1.21. The number of nitrogens with zero attached hydrogens (tertiary/aromatic N) is 2. The van der Waals surface area contributed by atoms with E-state index in [9.17, 15) is 9.59 Å². The smallest absolute Gasteiger partial charge is 0.244 e. The number of hydrogen-bond donors (Lipinski definition) is 1. The monoisotopic (exact) mass is 399 g/mol. The van der Waals surface area contributed by atoms with Crippen molar-refractivity contribution in [3.05, 3.63) is 90.3 Å². The maximum absolute atomic E-state index is 12.7. The van der Waals surface area contributed by atoms with E-state index in [1.807, 2.05) is 59.2 Å². The minimum atomic E-state index is -0.185. The molecule has 0 radical (unpaired) electrons. The number of rotatable bonds is 7. The molecule has 30 heavy (non-hydrogen) atoms. The fourth-order valence-electron chi connectivity index (χ4n) is 3.21. The molecule has 150 valence electrons. The first-order valence-corrected chi connectivity index (χ1v) is 9.63. The van der Waals surface area contributed by atoms with E-state index in [2.05, 4.69) is 10.3 Å². The molecular weight excluding hydrogens is 378 g/mol. The van der Waals surface area contributed by atoms with Crippen LogP contribution in [0.4, 0.5) is 5.69 Å². The molecule has 0 atom stereocenters. The molecule has 0 saturated carbocycles. The Morgan fingerprint density at radius 3 is 2.37 bits per heavy atom. The third kappa shape index (κ3) is 4.38. The van der Waals surface area contributed by atoms with Gasteiger partial charge in [-0.3, -0.25) is 9.59 Å². The number of carbonyl (C=O) groups excluding carboxylic acids is 2. The molecule has 1 amide bonds. The summed E-state index contributed by atoms with van der Waals surface area (Å²) in [6, 6.07) is 24.0. The first-order chi connectivity index (χ1) is 14.6. The van der Waals surface area contributed by atoms with Crippen molar-refractivity contribution in [2.24, 2.45) is 0 Å². The van der Waals surface area contributed by atoms with Crippen LogP contribution < -0.4 is 10.1 Å². The number of amides is 1. The number of fused-ring (bicyclic) bond motifs is 1. The van der Waals surface area contributed by atoms with Crippen LogP contribution >= 0.6 is 0 Å². The number of aromatic nitrogens is 2. The third-order valence-corrected chi connectivity index (χ3v) is 4.72. The van der Waals surface area contributed by atoms with Gasteiger partial charge < -0.3 is 14.6 Å². The summed E-state index contributed by atoms with van der Waals surface area (Å²) in [7, 11) is 0. The summed E-state index contributed by atoms with van der Waals surface area (Å²) in [6.07, 6.45) is 0. The van der Waals surface area contributed by atoms with Gasteiger partial charge in [-0.1, -0.05) is 30.3 Å². The summed E-state index contributed by atoms with van der Waals surface area (Å²) in [6.45, 7) is 1.86. The second-order valence-corrected chi connectivity index (χ2v) is 6.89. The summed E-state index contributed by atoms with van der Waals surface area (Å²) in [5, 5.41) is 2.87. The van der Waals surface area contributed by atoms with Gasteiger partial charge in [-0.15, -0.1) is 0 Å². The quantitative estimate of drug-likeness (QED) is 0.466. The lowest BCUT2D eigenvalue weighted by Gasteiger charge is -2.11. The number of ether oxygens (including phenoxy) is 1. The van der Waals surface area contributed by atoms with E-state index >= 15 is 0 Å². The summed E-state index contributed by atoms with van der Waals surface area (Å²) in [4.78, 5) is 28.7. The van der Waals surface area contributed by atoms with Crippen molar-refractivity contribution >= 4 is 28.4 Å². The van der Waals surface area contributed by atoms with Gasteiger partial charge in [0.1, 0.15) is 24.7 Å². The van der Waals surface area contributed by atoms with Gasteiger partial charge >= 0.3 is 0 Å². The lowest BCUT2D eigenvalue weighted by molar-refractivity contribution is -0.116. The molecule has 0 aliphatic carbocycles. The molecule has 0 fully saturated rings. The lowest BCUT2D eigenvalue weighted by atomic mass is 10.1. The van der Waals surface area contributed by atoms with Crippen molar-refractivity contribution in [3.63, 3.8) is 0 Å². The molecular formula is C24H21N3O3. The Labute approximate surface area is 174 Å². The molecule has 1 heterocycles. The normalized spacial score (nSPS) is 10.7. The average Bonchev–Trinajstić information content (AvgIpc) is 3.10. The van der Waals surface area contributed by atoms with Gasteiger partial charge in [0.15, 0.2) is 5.78 Å². The highest BCUT2D eigenvalue weighted by molar-refractivity contribution is 5.95. The van der Waals surface area contributed by atoms with Gasteiger partial charge in [-0.2, -0.15) is 0 Å². The van der Waals surface area contributed by atoms with Crippen LogP contribution in [0.15, 0.2) is 78.9 Å². The van der Waals surface area contributed by atoms with Crippen LogP contribution in [0.1, 0.15) is 23.1 Å². The molecule has 4 rings (SSSR count). The maximum atomic E-state index is 12.7. The zero-order chi connectivity index (χ0) is 20.9. The number of carbonyl (C=O) groups is 2. The zero-order valence-electron chi connectivity index (χ0n) is 16.5. The average molecular weight is 399 g/mol. The number of Topliss-reactive ketones (excluding diaryl/α,β-unsaturated/α-hetero) is 1. The molecule has 4 aromatic rings. The predicted octanol–water partition coefficient (Wildman–Crippen LogP) is 4.46. The number of ketones is 1. The van der Waals surface area contributed by atoms with E-state index in [1.165, 1.54) is 6.92 Å². The van der Waals surface area contributed by atoms with Crippen LogP contribution in [0.25, 0.3) is 11.0 Å². The molecule has 1 N–H and O–H groups in total. The van der Waals surface area contributed by atoms with Crippen molar-refractivity contribution < 1.29 is 14.3 Å². The van der Waals surface area contributed by atoms with Crippen LogP contribution in [0.5, 0.6) is 5.75 Å². The maximum Gasteiger partial charge on any atom is 0.244 e. The van der Waals surface area contributed by atoms with Crippen molar-refractivity contribution in [2.45, 2.75) is 20.1 Å². The highest BCUT2D eigenvalue weighted by atomic mass is 16.5. The van der Waals surface area contributed by atoms with E-state index < -0.39 is 0 Å². The molecule has 6 nitrogen and oxygen atoms in total. The summed E-state index contributed by atoms with van der Waals surface area (Å²) in [5.41, 5.74) is 2.92. The topological polar surface area (TPSA) is 73.2 Å². The van der Waals surface area contributed by atoms with Crippen LogP contribution in [0.2, 0.25) is 0 Å². The van der Waals surface area contributed by atoms with Crippen LogP contribution in [0, 0.1) is 0 Å². The molecule has 6 heteroatoms. The first-order valence-electron chi connectivity index (χ1n) is 9.63. The Morgan fingerprint density at radius 1 is 0.933 bits per heavy atom. The molecule has 3 aromatic carbocycles. The molecule has 0 saturated heterocycles. The minimum absolute atomic E-state index is 0.0131. The molecule has 1 aromatic heterocycles. The Kier molecular flexibility index (Phi) is 5.57. The molecule has 0 bridgehead atoms. The zero-order valence-corrected chi connectivity index (χ0v) is 16.5. The van der Waals surface area contributed by atoms with Crippen LogP contribution in [-0.4, -0.2) is 21.2 Å². The number of hydrogen-bond acceptors (Lipinski definition) is 4. The largest absolute Gasteiger partial charge is 0.486 e. The number of para-hydroxylation sites is 3. The van der Waals surface area contributed by atoms with Gasteiger partial charge in [-0.25, -0.2) is 4.98 Å². The standard InChI is InChI=1S/C24H21N3O3/c1-17(28)18-11-13-19(14-12-18)25-24(29)15-27-22-10-6-5-9-21(22)26-23(27)16-30-20-7-3-2-4-8-20/h2-14H,15-16H2,1H3,(H,25,29). The van der Waals surface area contributed by atoms with E-state index in [-0.39, 0.29) is 24.8 Å². The number of imidazole rings is 1. The number of nitrogens with one attached hydrogen (secondary N) is 1. The van der Waals surface area contributed by atoms with E-state index in [0.717, 1.165) is 16.8 Å². The fraction of sp³-hybridized carbons (Fsp3) is 0.125. The highest BCUT2D eigenvalue weighted by Gasteiger charge is 2.14.